The van der Waals surface area contributed by atoms with Gasteiger partial charge < -0.3 is 10.2 Å². The minimum Gasteiger partial charge on any atom is -0.353 e. The largest absolute Gasteiger partial charge is 0.353 e. The molecule has 1 atom stereocenters. The number of carbonyl (C=O) groups is 2. The zero-order chi connectivity index (χ0) is 18.4. The van der Waals surface area contributed by atoms with Crippen molar-refractivity contribution in [2.75, 3.05) is 18.8 Å². The maximum absolute atomic E-state index is 12.3. The van der Waals surface area contributed by atoms with Gasteiger partial charge in [0.2, 0.25) is 5.91 Å². The Bertz CT molecular complexity index is 707. The Morgan fingerprint density at radius 2 is 1.76 bits per heavy atom. The van der Waals surface area contributed by atoms with Gasteiger partial charge in [-0.05, 0) is 43.9 Å². The molecule has 1 saturated heterocycles. The highest BCUT2D eigenvalue weighted by Gasteiger charge is 2.21. The van der Waals surface area contributed by atoms with Gasteiger partial charge in [-0.3, -0.25) is 9.59 Å². The van der Waals surface area contributed by atoms with E-state index in [0.29, 0.717) is 11.1 Å². The maximum Gasteiger partial charge on any atom is 0.253 e. The molecule has 0 aliphatic carbocycles. The van der Waals surface area contributed by atoms with Crippen LogP contribution in [0.25, 0.3) is 0 Å². The summed E-state index contributed by atoms with van der Waals surface area (Å²) in [5.41, 5.74) is 1.15. The number of nitrogens with zero attached hydrogens (tertiary/aromatic N) is 1. The number of nitrogens with one attached hydrogen (secondary N) is 1. The molecule has 6 nitrogen and oxygen atoms in total. The number of likely N-dealkylation sites (tertiary alicyclic amines) is 1. The van der Waals surface area contributed by atoms with Gasteiger partial charge in [-0.1, -0.05) is 19.1 Å². The van der Waals surface area contributed by atoms with Crippen molar-refractivity contribution in [3.8, 4) is 0 Å². The zero-order valence-corrected chi connectivity index (χ0v) is 15.6. The predicted molar refractivity (Wildman–Crippen MR) is 97.0 cm³/mol. The first-order valence-electron chi connectivity index (χ1n) is 8.68. The normalized spacial score (nSPS) is 15.8. The Hall–Kier alpha value is -1.89. The van der Waals surface area contributed by atoms with E-state index in [9.17, 15) is 18.0 Å². The van der Waals surface area contributed by atoms with Crippen molar-refractivity contribution in [3.63, 3.8) is 0 Å². The van der Waals surface area contributed by atoms with Gasteiger partial charge in [0.15, 0.2) is 9.84 Å². The van der Waals surface area contributed by atoms with Crippen LogP contribution in [0.4, 0.5) is 0 Å². The van der Waals surface area contributed by atoms with E-state index in [1.807, 2.05) is 18.7 Å². The van der Waals surface area contributed by atoms with E-state index in [2.05, 4.69) is 5.32 Å². The number of hydrogen-bond acceptors (Lipinski definition) is 4. The molecule has 1 N–H and O–H groups in total. The average molecular weight is 366 g/mol. The van der Waals surface area contributed by atoms with Crippen molar-refractivity contribution in [2.24, 2.45) is 0 Å². The third kappa shape index (κ3) is 5.85. The topological polar surface area (TPSA) is 83.5 Å². The molecule has 138 valence electrons. The van der Waals surface area contributed by atoms with E-state index in [1.54, 1.807) is 24.3 Å². The Labute approximate surface area is 149 Å². The number of carbonyl (C=O) groups excluding carboxylic acids is 2. The van der Waals surface area contributed by atoms with Gasteiger partial charge in [0, 0.05) is 24.7 Å². The number of amides is 2. The average Bonchev–Trinajstić information content (AvgIpc) is 3.08. The van der Waals surface area contributed by atoms with E-state index in [1.165, 1.54) is 0 Å². The van der Waals surface area contributed by atoms with Crippen molar-refractivity contribution < 1.29 is 18.0 Å². The Morgan fingerprint density at radius 1 is 1.16 bits per heavy atom. The molecule has 0 bridgehead atoms. The van der Waals surface area contributed by atoms with Crippen LogP contribution in [0.5, 0.6) is 0 Å². The highest BCUT2D eigenvalue weighted by Crippen LogP contribution is 2.15. The molecule has 1 aliphatic heterocycles. The molecule has 1 aliphatic rings. The summed E-state index contributed by atoms with van der Waals surface area (Å²) in [6.07, 6.45) is 2.81. The fourth-order valence-electron chi connectivity index (χ4n) is 2.77. The summed E-state index contributed by atoms with van der Waals surface area (Å²) >= 11 is 0. The summed E-state index contributed by atoms with van der Waals surface area (Å²) < 4.78 is 24.3. The van der Waals surface area contributed by atoms with Crippen LogP contribution >= 0.6 is 0 Å². The minimum atomic E-state index is -3.54. The first kappa shape index (κ1) is 19.4. The monoisotopic (exact) mass is 366 g/mol. The van der Waals surface area contributed by atoms with Gasteiger partial charge >= 0.3 is 0 Å². The summed E-state index contributed by atoms with van der Waals surface area (Å²) in [7, 11) is -3.54. The third-order valence-electron chi connectivity index (χ3n) is 4.35. The van der Waals surface area contributed by atoms with Gasteiger partial charge in [-0.25, -0.2) is 8.42 Å². The quantitative estimate of drug-likeness (QED) is 0.797. The molecule has 0 saturated carbocycles. The Kier molecular flexibility index (Phi) is 6.58. The van der Waals surface area contributed by atoms with Crippen LogP contribution in [0.15, 0.2) is 24.3 Å². The molecule has 1 fully saturated rings. The zero-order valence-electron chi connectivity index (χ0n) is 14.8. The van der Waals surface area contributed by atoms with E-state index in [-0.39, 0.29) is 17.7 Å². The summed E-state index contributed by atoms with van der Waals surface area (Å²) in [5.74, 6) is -1.22. The predicted octanol–water partition coefficient (Wildman–Crippen LogP) is 1.75. The van der Waals surface area contributed by atoms with Gasteiger partial charge in [0.05, 0.1) is 5.75 Å². The van der Waals surface area contributed by atoms with Crippen molar-refractivity contribution in [1.29, 1.82) is 0 Å². The molecule has 0 spiro atoms. The second kappa shape index (κ2) is 8.47. The standard InChI is InChI=1S/C18H26N2O4S/c1-3-14(2)19-17(21)13-25(23,24)12-15-6-8-16(9-7-15)18(22)20-10-4-5-11-20/h6-9,14H,3-5,10-13H2,1-2H3,(H,19,21)/t14-/m1/s1. The molecule has 0 radical (unpaired) electrons. The molecule has 2 amide bonds. The smallest absolute Gasteiger partial charge is 0.253 e. The van der Waals surface area contributed by atoms with Crippen LogP contribution in [-0.4, -0.2) is 50.0 Å². The van der Waals surface area contributed by atoms with Gasteiger partial charge in [0.25, 0.3) is 5.91 Å². The maximum atomic E-state index is 12.3. The highest BCUT2D eigenvalue weighted by molar-refractivity contribution is 7.91. The van der Waals surface area contributed by atoms with Crippen molar-refractivity contribution in [2.45, 2.75) is 44.9 Å². The van der Waals surface area contributed by atoms with Crippen LogP contribution < -0.4 is 5.32 Å². The second-order valence-electron chi connectivity index (χ2n) is 6.61. The fraction of sp³-hybridized carbons (Fsp3) is 0.556. The lowest BCUT2D eigenvalue weighted by Crippen LogP contribution is -2.36. The Balaban J connectivity index is 1.95. The van der Waals surface area contributed by atoms with Gasteiger partial charge in [-0.15, -0.1) is 0 Å². The summed E-state index contributed by atoms with van der Waals surface area (Å²) in [4.78, 5) is 25.9. The van der Waals surface area contributed by atoms with Crippen LogP contribution in [0.3, 0.4) is 0 Å². The van der Waals surface area contributed by atoms with Crippen LogP contribution in [0, 0.1) is 0 Å². The lowest BCUT2D eigenvalue weighted by Gasteiger charge is -2.15. The van der Waals surface area contributed by atoms with Gasteiger partial charge in [0.1, 0.15) is 5.75 Å². The second-order valence-corrected chi connectivity index (χ2v) is 8.67. The third-order valence-corrected chi connectivity index (χ3v) is 5.83. The molecular weight excluding hydrogens is 340 g/mol. The fourth-order valence-corrected chi connectivity index (χ4v) is 4.05. The molecule has 1 aromatic rings. The summed E-state index contributed by atoms with van der Waals surface area (Å²) in [6.45, 7) is 5.31. The molecular formula is C18H26N2O4S. The molecule has 25 heavy (non-hydrogen) atoms. The molecule has 2 rings (SSSR count). The molecule has 0 aromatic heterocycles. The molecule has 7 heteroatoms. The van der Waals surface area contributed by atoms with Crippen LogP contribution in [0.1, 0.15) is 49.0 Å². The molecule has 1 heterocycles. The summed E-state index contributed by atoms with van der Waals surface area (Å²) in [6, 6.07) is 6.56. The molecule has 1 aromatic carbocycles. The first-order valence-corrected chi connectivity index (χ1v) is 10.5. The van der Waals surface area contributed by atoms with Crippen LogP contribution in [-0.2, 0) is 20.4 Å². The molecule has 0 unspecified atom stereocenters. The number of hydrogen-bond donors (Lipinski definition) is 1. The Morgan fingerprint density at radius 3 is 2.32 bits per heavy atom. The number of sulfone groups is 1. The first-order chi connectivity index (χ1) is 11.8. The van der Waals surface area contributed by atoms with Crippen molar-refractivity contribution >= 4 is 21.7 Å². The van der Waals surface area contributed by atoms with Crippen molar-refractivity contribution in [1.82, 2.24) is 10.2 Å². The van der Waals surface area contributed by atoms with Gasteiger partial charge in [-0.2, -0.15) is 0 Å². The lowest BCUT2D eigenvalue weighted by atomic mass is 10.1. The van der Waals surface area contributed by atoms with E-state index in [0.717, 1.165) is 32.4 Å². The van der Waals surface area contributed by atoms with E-state index >= 15 is 0 Å². The van der Waals surface area contributed by atoms with Crippen LogP contribution in [0.2, 0.25) is 0 Å². The summed E-state index contributed by atoms with van der Waals surface area (Å²) in [5, 5.41) is 2.66. The number of benzene rings is 1. The van der Waals surface area contributed by atoms with Crippen molar-refractivity contribution in [3.05, 3.63) is 35.4 Å². The number of rotatable bonds is 7. The minimum absolute atomic E-state index is 0.0140. The SMILES string of the molecule is CC[C@@H](C)NC(=O)CS(=O)(=O)Cc1ccc(C(=O)N2CCCC2)cc1. The van der Waals surface area contributed by atoms with E-state index < -0.39 is 21.5 Å². The lowest BCUT2D eigenvalue weighted by molar-refractivity contribution is -0.119. The highest BCUT2D eigenvalue weighted by atomic mass is 32.2. The van der Waals surface area contributed by atoms with E-state index in [4.69, 9.17) is 0 Å².